The molecule has 0 aromatic heterocycles. The minimum absolute atomic E-state index is 0.362. The monoisotopic (exact) mass is 293 g/mol. The highest BCUT2D eigenvalue weighted by Gasteiger charge is 2.25. The number of ether oxygens (including phenoxy) is 1. The van der Waals surface area contributed by atoms with E-state index in [9.17, 15) is 13.2 Å². The Kier molecular flexibility index (Phi) is 3.59. The Hall–Kier alpha value is -2.01. The van der Waals surface area contributed by atoms with E-state index in [4.69, 9.17) is 4.74 Å². The van der Waals surface area contributed by atoms with Gasteiger partial charge in [-0.2, -0.15) is 0 Å². The Balaban J connectivity index is 2.11. The molecule has 5 heteroatoms. The van der Waals surface area contributed by atoms with Crippen molar-refractivity contribution in [2.24, 2.45) is 0 Å². The van der Waals surface area contributed by atoms with Crippen LogP contribution < -0.4 is 10.1 Å². The smallest absolute Gasteiger partial charge is 0.194 e. The number of fused-ring (bicyclic) bond motifs is 1. The zero-order valence-corrected chi connectivity index (χ0v) is 11.4. The van der Waals surface area contributed by atoms with Gasteiger partial charge in [0.2, 0.25) is 0 Å². The third kappa shape index (κ3) is 2.38. The maximum atomic E-state index is 13.4. The van der Waals surface area contributed by atoms with E-state index in [0.717, 1.165) is 35.4 Å². The van der Waals surface area contributed by atoms with Crippen LogP contribution in [0.4, 0.5) is 13.2 Å². The fraction of sp³-hybridized carbons (Fsp3) is 0.250. The minimum Gasteiger partial charge on any atom is -0.496 e. The number of nitrogens with one attached hydrogen (secondary N) is 1. The largest absolute Gasteiger partial charge is 0.496 e. The second-order valence-electron chi connectivity index (χ2n) is 4.96. The van der Waals surface area contributed by atoms with E-state index in [1.165, 1.54) is 0 Å². The molecule has 1 N–H and O–H groups in total. The van der Waals surface area contributed by atoms with Crippen LogP contribution in [0.1, 0.15) is 22.7 Å². The third-order valence-electron chi connectivity index (χ3n) is 3.76. The Morgan fingerprint density at radius 3 is 2.52 bits per heavy atom. The molecule has 0 radical (unpaired) electrons. The van der Waals surface area contributed by atoms with Crippen molar-refractivity contribution in [3.63, 3.8) is 0 Å². The van der Waals surface area contributed by atoms with E-state index < -0.39 is 17.5 Å². The molecule has 0 spiro atoms. The molecule has 0 amide bonds. The molecular weight excluding hydrogens is 279 g/mol. The minimum atomic E-state index is -1.44. The van der Waals surface area contributed by atoms with Gasteiger partial charge in [-0.1, -0.05) is 12.1 Å². The van der Waals surface area contributed by atoms with Crippen molar-refractivity contribution in [3.8, 4) is 5.75 Å². The molecular formula is C16H14F3NO. The lowest BCUT2D eigenvalue weighted by Gasteiger charge is -2.28. The van der Waals surface area contributed by atoms with Crippen LogP contribution in [-0.2, 0) is 6.42 Å². The molecule has 1 aliphatic heterocycles. The van der Waals surface area contributed by atoms with Crippen LogP contribution in [0.2, 0.25) is 0 Å². The molecule has 2 nitrogen and oxygen atoms in total. The first kappa shape index (κ1) is 13.9. The van der Waals surface area contributed by atoms with Crippen molar-refractivity contribution >= 4 is 0 Å². The van der Waals surface area contributed by atoms with E-state index in [1.807, 2.05) is 18.2 Å². The summed E-state index contributed by atoms with van der Waals surface area (Å²) in [6.45, 7) is 0.651. The molecule has 0 aliphatic carbocycles. The lowest BCUT2D eigenvalue weighted by atomic mass is 9.89. The van der Waals surface area contributed by atoms with Crippen molar-refractivity contribution in [2.45, 2.75) is 12.5 Å². The predicted octanol–water partition coefficient (Wildman–Crippen LogP) is 3.35. The molecule has 1 heterocycles. The van der Waals surface area contributed by atoms with Gasteiger partial charge in [0, 0.05) is 12.1 Å². The van der Waals surface area contributed by atoms with Crippen LogP contribution in [0.5, 0.6) is 5.75 Å². The van der Waals surface area contributed by atoms with Gasteiger partial charge in [-0.15, -0.1) is 0 Å². The first-order valence-electron chi connectivity index (χ1n) is 6.65. The molecule has 0 bridgehead atoms. The number of hydrogen-bond donors (Lipinski definition) is 1. The van der Waals surface area contributed by atoms with Crippen LogP contribution in [-0.4, -0.2) is 13.7 Å². The van der Waals surface area contributed by atoms with E-state index in [1.54, 1.807) is 7.11 Å². The summed E-state index contributed by atoms with van der Waals surface area (Å²) in [4.78, 5) is 0. The molecule has 1 aliphatic rings. The number of rotatable bonds is 2. The normalized spacial score (nSPS) is 17.4. The Labute approximate surface area is 120 Å². The Morgan fingerprint density at radius 2 is 1.86 bits per heavy atom. The van der Waals surface area contributed by atoms with E-state index >= 15 is 0 Å². The van der Waals surface area contributed by atoms with Crippen LogP contribution >= 0.6 is 0 Å². The summed E-state index contributed by atoms with van der Waals surface area (Å²) < 4.78 is 45.3. The van der Waals surface area contributed by atoms with Gasteiger partial charge in [0.25, 0.3) is 0 Å². The van der Waals surface area contributed by atoms with Crippen molar-refractivity contribution in [1.29, 1.82) is 0 Å². The molecule has 21 heavy (non-hydrogen) atoms. The van der Waals surface area contributed by atoms with Gasteiger partial charge in [-0.25, -0.2) is 13.2 Å². The standard InChI is InChI=1S/C16H14F3NO/c1-21-14-4-2-3-11-10(14)5-6-20-16(11)9-7-12(17)15(19)13(18)8-9/h2-4,7-8,16,20H,5-6H2,1H3. The first-order chi connectivity index (χ1) is 10.1. The fourth-order valence-corrected chi connectivity index (χ4v) is 2.80. The first-order valence-corrected chi connectivity index (χ1v) is 6.65. The van der Waals surface area contributed by atoms with Gasteiger partial charge in [0.1, 0.15) is 5.75 Å². The van der Waals surface area contributed by atoms with Gasteiger partial charge < -0.3 is 10.1 Å². The summed E-state index contributed by atoms with van der Waals surface area (Å²) in [5.74, 6) is -3.05. The van der Waals surface area contributed by atoms with E-state index in [0.29, 0.717) is 12.1 Å². The van der Waals surface area contributed by atoms with Gasteiger partial charge in [-0.3, -0.25) is 0 Å². The highest BCUT2D eigenvalue weighted by Crippen LogP contribution is 2.34. The van der Waals surface area contributed by atoms with Crippen molar-refractivity contribution in [3.05, 3.63) is 64.5 Å². The van der Waals surface area contributed by atoms with Gasteiger partial charge >= 0.3 is 0 Å². The topological polar surface area (TPSA) is 21.3 Å². The van der Waals surface area contributed by atoms with Crippen molar-refractivity contribution < 1.29 is 17.9 Å². The second kappa shape index (κ2) is 5.41. The predicted molar refractivity (Wildman–Crippen MR) is 72.9 cm³/mol. The summed E-state index contributed by atoms with van der Waals surface area (Å²) >= 11 is 0. The molecule has 1 atom stereocenters. The van der Waals surface area contributed by atoms with Crippen molar-refractivity contribution in [1.82, 2.24) is 5.32 Å². The van der Waals surface area contributed by atoms with Gasteiger partial charge in [0.05, 0.1) is 13.2 Å². The maximum absolute atomic E-state index is 13.4. The van der Waals surface area contributed by atoms with Crippen LogP contribution in [0.25, 0.3) is 0 Å². The molecule has 2 aromatic carbocycles. The highest BCUT2D eigenvalue weighted by molar-refractivity contribution is 5.47. The number of halogens is 3. The zero-order valence-electron chi connectivity index (χ0n) is 11.4. The van der Waals surface area contributed by atoms with Crippen LogP contribution in [0, 0.1) is 17.5 Å². The Bertz CT molecular complexity index is 664. The number of methoxy groups -OCH3 is 1. The molecule has 0 fully saturated rings. The highest BCUT2D eigenvalue weighted by atomic mass is 19.2. The lowest BCUT2D eigenvalue weighted by molar-refractivity contribution is 0.403. The fourth-order valence-electron chi connectivity index (χ4n) is 2.80. The summed E-state index contributed by atoms with van der Waals surface area (Å²) in [7, 11) is 1.59. The SMILES string of the molecule is COc1cccc2c1CCNC2c1cc(F)c(F)c(F)c1. The number of hydrogen-bond acceptors (Lipinski definition) is 2. The summed E-state index contributed by atoms with van der Waals surface area (Å²) in [6.07, 6.45) is 0.766. The van der Waals surface area contributed by atoms with E-state index in [2.05, 4.69) is 5.32 Å². The third-order valence-corrected chi connectivity index (χ3v) is 3.76. The summed E-state index contributed by atoms with van der Waals surface area (Å²) in [6, 6.07) is 7.25. The lowest BCUT2D eigenvalue weighted by Crippen LogP contribution is -2.31. The molecule has 1 unspecified atom stereocenters. The average Bonchev–Trinajstić information content (AvgIpc) is 2.51. The molecule has 110 valence electrons. The quantitative estimate of drug-likeness (QED) is 0.857. The molecule has 0 saturated carbocycles. The summed E-state index contributed by atoms with van der Waals surface area (Å²) in [5.41, 5.74) is 2.26. The van der Waals surface area contributed by atoms with E-state index in [-0.39, 0.29) is 6.04 Å². The van der Waals surface area contributed by atoms with Crippen LogP contribution in [0.3, 0.4) is 0 Å². The number of benzene rings is 2. The van der Waals surface area contributed by atoms with Gasteiger partial charge in [0.15, 0.2) is 17.5 Å². The zero-order chi connectivity index (χ0) is 15.0. The molecule has 2 aromatic rings. The Morgan fingerprint density at radius 1 is 1.14 bits per heavy atom. The second-order valence-corrected chi connectivity index (χ2v) is 4.96. The maximum Gasteiger partial charge on any atom is 0.194 e. The van der Waals surface area contributed by atoms with Gasteiger partial charge in [-0.05, 0) is 35.7 Å². The average molecular weight is 293 g/mol. The molecule has 0 saturated heterocycles. The van der Waals surface area contributed by atoms with Crippen LogP contribution in [0.15, 0.2) is 30.3 Å². The summed E-state index contributed by atoms with van der Waals surface area (Å²) in [5, 5.41) is 3.21. The molecule has 3 rings (SSSR count). The van der Waals surface area contributed by atoms with Crippen molar-refractivity contribution in [2.75, 3.05) is 13.7 Å².